The van der Waals surface area contributed by atoms with E-state index in [1.807, 2.05) is 0 Å². The number of ether oxygens (including phenoxy) is 1. The van der Waals surface area contributed by atoms with Crippen LogP contribution in [0.1, 0.15) is 44.9 Å². The summed E-state index contributed by atoms with van der Waals surface area (Å²) in [4.78, 5) is 11.5. The number of alkyl halides is 1. The first kappa shape index (κ1) is 11.8. The maximum atomic E-state index is 11.5. The zero-order valence-corrected chi connectivity index (χ0v) is 9.39. The van der Waals surface area contributed by atoms with Gasteiger partial charge in [-0.05, 0) is 25.7 Å². The molecule has 1 fully saturated rings. The molecule has 0 aromatic rings. The van der Waals surface area contributed by atoms with E-state index in [1.165, 1.54) is 19.3 Å². The third-order valence-corrected chi connectivity index (χ3v) is 2.98. The Balaban J connectivity index is 2.07. The standard InChI is InChI=1S/C11H19ClO2/c12-8-4-5-9-14-11(13)10-6-2-1-3-7-10/h10H,1-9H2. The lowest BCUT2D eigenvalue weighted by Gasteiger charge is -2.19. The Morgan fingerprint density at radius 3 is 2.57 bits per heavy atom. The van der Waals surface area contributed by atoms with Crippen LogP contribution >= 0.6 is 11.6 Å². The molecule has 0 saturated heterocycles. The van der Waals surface area contributed by atoms with Crippen LogP contribution < -0.4 is 0 Å². The first-order valence-corrected chi connectivity index (χ1v) is 6.10. The summed E-state index contributed by atoms with van der Waals surface area (Å²) in [6.07, 6.45) is 7.50. The Hall–Kier alpha value is -0.240. The molecule has 82 valence electrons. The molecule has 0 bridgehead atoms. The van der Waals surface area contributed by atoms with E-state index in [2.05, 4.69) is 0 Å². The highest BCUT2D eigenvalue weighted by Crippen LogP contribution is 2.24. The molecular formula is C11H19ClO2. The molecule has 0 atom stereocenters. The number of halogens is 1. The van der Waals surface area contributed by atoms with Crippen molar-refractivity contribution in [3.05, 3.63) is 0 Å². The van der Waals surface area contributed by atoms with Gasteiger partial charge in [0.2, 0.25) is 0 Å². The van der Waals surface area contributed by atoms with E-state index in [9.17, 15) is 4.79 Å². The van der Waals surface area contributed by atoms with E-state index < -0.39 is 0 Å². The Bertz CT molecular complexity index is 165. The first-order chi connectivity index (χ1) is 6.84. The topological polar surface area (TPSA) is 26.3 Å². The van der Waals surface area contributed by atoms with Gasteiger partial charge >= 0.3 is 5.97 Å². The molecule has 1 aliphatic carbocycles. The maximum Gasteiger partial charge on any atom is 0.308 e. The van der Waals surface area contributed by atoms with Crippen LogP contribution in [0.5, 0.6) is 0 Å². The molecule has 2 nitrogen and oxygen atoms in total. The fourth-order valence-corrected chi connectivity index (χ4v) is 2.01. The maximum absolute atomic E-state index is 11.5. The summed E-state index contributed by atoms with van der Waals surface area (Å²) in [7, 11) is 0. The van der Waals surface area contributed by atoms with Gasteiger partial charge in [-0.25, -0.2) is 0 Å². The van der Waals surface area contributed by atoms with Crippen molar-refractivity contribution in [2.24, 2.45) is 5.92 Å². The van der Waals surface area contributed by atoms with Crippen LogP contribution in [0, 0.1) is 5.92 Å². The smallest absolute Gasteiger partial charge is 0.308 e. The number of hydrogen-bond donors (Lipinski definition) is 0. The zero-order valence-electron chi connectivity index (χ0n) is 8.64. The van der Waals surface area contributed by atoms with Crippen molar-refractivity contribution in [3.63, 3.8) is 0 Å². The largest absolute Gasteiger partial charge is 0.465 e. The van der Waals surface area contributed by atoms with E-state index >= 15 is 0 Å². The van der Waals surface area contributed by atoms with Crippen molar-refractivity contribution in [1.29, 1.82) is 0 Å². The molecule has 0 N–H and O–H groups in total. The second kappa shape index (κ2) is 7.10. The lowest BCUT2D eigenvalue weighted by atomic mass is 9.89. The van der Waals surface area contributed by atoms with Gasteiger partial charge in [-0.2, -0.15) is 0 Å². The molecular weight excluding hydrogens is 200 g/mol. The van der Waals surface area contributed by atoms with E-state index in [0.717, 1.165) is 25.7 Å². The summed E-state index contributed by atoms with van der Waals surface area (Å²) in [6, 6.07) is 0. The molecule has 0 aromatic heterocycles. The van der Waals surface area contributed by atoms with Gasteiger partial charge in [0.25, 0.3) is 0 Å². The van der Waals surface area contributed by atoms with Gasteiger partial charge in [0, 0.05) is 5.88 Å². The summed E-state index contributed by atoms with van der Waals surface area (Å²) >= 11 is 5.53. The average Bonchev–Trinajstić information content (AvgIpc) is 2.25. The van der Waals surface area contributed by atoms with Gasteiger partial charge in [-0.3, -0.25) is 4.79 Å². The highest BCUT2D eigenvalue weighted by molar-refractivity contribution is 6.17. The number of hydrogen-bond acceptors (Lipinski definition) is 2. The first-order valence-electron chi connectivity index (χ1n) is 5.57. The minimum Gasteiger partial charge on any atom is -0.465 e. The van der Waals surface area contributed by atoms with Crippen molar-refractivity contribution >= 4 is 17.6 Å². The summed E-state index contributed by atoms with van der Waals surface area (Å²) < 4.78 is 5.19. The molecule has 0 radical (unpaired) electrons. The molecule has 0 unspecified atom stereocenters. The third kappa shape index (κ3) is 4.32. The molecule has 0 aliphatic heterocycles. The van der Waals surface area contributed by atoms with Gasteiger partial charge in [0.1, 0.15) is 0 Å². The predicted octanol–water partition coefficient (Wildman–Crippen LogP) is 3.13. The predicted molar refractivity (Wildman–Crippen MR) is 57.5 cm³/mol. The average molecular weight is 219 g/mol. The summed E-state index contributed by atoms with van der Waals surface area (Å²) in [6.45, 7) is 0.544. The van der Waals surface area contributed by atoms with Crippen molar-refractivity contribution < 1.29 is 9.53 Å². The number of esters is 1. The van der Waals surface area contributed by atoms with Crippen LogP contribution in [0.2, 0.25) is 0 Å². The monoisotopic (exact) mass is 218 g/mol. The lowest BCUT2D eigenvalue weighted by molar-refractivity contribution is -0.149. The van der Waals surface area contributed by atoms with Crippen molar-refractivity contribution in [3.8, 4) is 0 Å². The normalized spacial score (nSPS) is 18.1. The molecule has 1 aliphatic rings. The van der Waals surface area contributed by atoms with E-state index in [0.29, 0.717) is 12.5 Å². The lowest BCUT2D eigenvalue weighted by Crippen LogP contribution is -2.20. The number of rotatable bonds is 5. The van der Waals surface area contributed by atoms with Crippen LogP contribution in [-0.2, 0) is 9.53 Å². The fourth-order valence-electron chi connectivity index (χ4n) is 1.83. The molecule has 0 spiro atoms. The van der Waals surface area contributed by atoms with Crippen molar-refractivity contribution in [1.82, 2.24) is 0 Å². The molecule has 0 amide bonds. The fraction of sp³-hybridized carbons (Fsp3) is 0.909. The summed E-state index contributed by atoms with van der Waals surface area (Å²) in [5.41, 5.74) is 0. The van der Waals surface area contributed by atoms with E-state index in [4.69, 9.17) is 16.3 Å². The van der Waals surface area contributed by atoms with Gasteiger partial charge in [0.15, 0.2) is 0 Å². The van der Waals surface area contributed by atoms with Crippen molar-refractivity contribution in [2.75, 3.05) is 12.5 Å². The van der Waals surface area contributed by atoms with Crippen LogP contribution in [0.15, 0.2) is 0 Å². The van der Waals surface area contributed by atoms with Gasteiger partial charge < -0.3 is 4.74 Å². The molecule has 14 heavy (non-hydrogen) atoms. The van der Waals surface area contributed by atoms with Crippen LogP contribution in [0.3, 0.4) is 0 Å². The zero-order chi connectivity index (χ0) is 10.2. The minimum absolute atomic E-state index is 0.0132. The molecule has 1 rings (SSSR count). The number of carbonyl (C=O) groups excluding carboxylic acids is 1. The molecule has 0 aromatic carbocycles. The van der Waals surface area contributed by atoms with Crippen LogP contribution in [-0.4, -0.2) is 18.5 Å². The Labute approximate surface area is 91.0 Å². The molecule has 3 heteroatoms. The second-order valence-corrected chi connectivity index (χ2v) is 4.28. The summed E-state index contributed by atoms with van der Waals surface area (Å²) in [5, 5.41) is 0. The summed E-state index contributed by atoms with van der Waals surface area (Å²) in [5.74, 6) is 0.847. The number of unbranched alkanes of at least 4 members (excludes halogenated alkanes) is 1. The Morgan fingerprint density at radius 1 is 1.21 bits per heavy atom. The minimum atomic E-state index is 0.0132. The Kier molecular flexibility index (Phi) is 6.00. The molecule has 0 heterocycles. The van der Waals surface area contributed by atoms with E-state index in [1.54, 1.807) is 0 Å². The third-order valence-electron chi connectivity index (χ3n) is 2.71. The second-order valence-electron chi connectivity index (χ2n) is 3.90. The van der Waals surface area contributed by atoms with Gasteiger partial charge in [0.05, 0.1) is 12.5 Å². The highest BCUT2D eigenvalue weighted by atomic mass is 35.5. The van der Waals surface area contributed by atoms with Gasteiger partial charge in [-0.1, -0.05) is 19.3 Å². The van der Waals surface area contributed by atoms with Gasteiger partial charge in [-0.15, -0.1) is 11.6 Å². The van der Waals surface area contributed by atoms with Crippen LogP contribution in [0.25, 0.3) is 0 Å². The highest BCUT2D eigenvalue weighted by Gasteiger charge is 2.21. The van der Waals surface area contributed by atoms with Crippen molar-refractivity contribution in [2.45, 2.75) is 44.9 Å². The SMILES string of the molecule is O=C(OCCCCCl)C1CCCCC1. The van der Waals surface area contributed by atoms with Crippen LogP contribution in [0.4, 0.5) is 0 Å². The quantitative estimate of drug-likeness (QED) is 0.403. The molecule has 1 saturated carbocycles. The Morgan fingerprint density at radius 2 is 1.93 bits per heavy atom. The number of carbonyl (C=O) groups is 1. The van der Waals surface area contributed by atoms with E-state index in [-0.39, 0.29) is 11.9 Å².